The highest BCUT2D eigenvalue weighted by atomic mass is 79.9. The van der Waals surface area contributed by atoms with E-state index in [9.17, 15) is 4.39 Å². The second-order valence-electron chi connectivity index (χ2n) is 2.49. The standard InChI is InChI=1S/C9H10BrF/c1-7(10)9(11)8-5-3-2-4-6-8/h2-7,9H,1H3/t7-,9-/m1/s1. The monoisotopic (exact) mass is 216 g/mol. The van der Waals surface area contributed by atoms with Gasteiger partial charge in [0.25, 0.3) is 0 Å². The number of hydrogen-bond acceptors (Lipinski definition) is 0. The molecule has 1 aromatic carbocycles. The summed E-state index contributed by atoms with van der Waals surface area (Å²) >= 11 is 3.20. The smallest absolute Gasteiger partial charge is 0.137 e. The van der Waals surface area contributed by atoms with Crippen LogP contribution in [0.4, 0.5) is 4.39 Å². The van der Waals surface area contributed by atoms with E-state index >= 15 is 0 Å². The first-order valence-electron chi connectivity index (χ1n) is 3.55. The molecule has 0 aliphatic carbocycles. The maximum atomic E-state index is 13.2. The van der Waals surface area contributed by atoms with Crippen molar-refractivity contribution in [1.29, 1.82) is 0 Å². The lowest BCUT2D eigenvalue weighted by Crippen LogP contribution is -2.01. The van der Waals surface area contributed by atoms with Gasteiger partial charge < -0.3 is 0 Å². The van der Waals surface area contributed by atoms with Gasteiger partial charge in [-0.1, -0.05) is 46.3 Å². The summed E-state index contributed by atoms with van der Waals surface area (Å²) in [4.78, 5) is -0.120. The van der Waals surface area contributed by atoms with Crippen LogP contribution in [0.2, 0.25) is 0 Å². The second kappa shape index (κ2) is 3.86. The van der Waals surface area contributed by atoms with Crippen molar-refractivity contribution in [2.45, 2.75) is 17.9 Å². The van der Waals surface area contributed by atoms with Gasteiger partial charge in [0.05, 0.1) is 0 Å². The molecule has 0 N–H and O–H groups in total. The second-order valence-corrected chi connectivity index (χ2v) is 3.93. The van der Waals surface area contributed by atoms with Crippen molar-refractivity contribution in [3.8, 4) is 0 Å². The molecule has 0 unspecified atom stereocenters. The summed E-state index contributed by atoms with van der Waals surface area (Å²) in [5.41, 5.74) is 0.733. The van der Waals surface area contributed by atoms with Crippen LogP contribution in [-0.4, -0.2) is 4.83 Å². The number of halogens is 2. The topological polar surface area (TPSA) is 0 Å². The molecule has 0 aromatic heterocycles. The third kappa shape index (κ3) is 2.29. The summed E-state index contributed by atoms with van der Waals surface area (Å²) in [6.45, 7) is 1.80. The fourth-order valence-electron chi connectivity index (χ4n) is 0.902. The number of rotatable bonds is 2. The third-order valence-electron chi connectivity index (χ3n) is 1.52. The predicted octanol–water partition coefficient (Wildman–Crippen LogP) is 3.48. The Morgan fingerprint density at radius 1 is 1.27 bits per heavy atom. The molecule has 2 heteroatoms. The van der Waals surface area contributed by atoms with Crippen LogP contribution >= 0.6 is 15.9 Å². The summed E-state index contributed by atoms with van der Waals surface area (Å²) in [6.07, 6.45) is -0.906. The summed E-state index contributed by atoms with van der Waals surface area (Å²) < 4.78 is 13.2. The van der Waals surface area contributed by atoms with E-state index in [4.69, 9.17) is 0 Å². The summed E-state index contributed by atoms with van der Waals surface area (Å²) in [6, 6.07) is 9.16. The quantitative estimate of drug-likeness (QED) is 0.665. The van der Waals surface area contributed by atoms with Crippen LogP contribution in [0.25, 0.3) is 0 Å². The molecule has 1 rings (SSSR count). The normalized spacial score (nSPS) is 15.9. The molecule has 2 atom stereocenters. The van der Waals surface area contributed by atoms with E-state index in [1.54, 1.807) is 19.1 Å². The van der Waals surface area contributed by atoms with Crippen molar-refractivity contribution < 1.29 is 4.39 Å². The molecule has 0 saturated heterocycles. The van der Waals surface area contributed by atoms with Crippen LogP contribution in [0, 0.1) is 0 Å². The van der Waals surface area contributed by atoms with Gasteiger partial charge >= 0.3 is 0 Å². The van der Waals surface area contributed by atoms with Crippen molar-refractivity contribution in [2.75, 3.05) is 0 Å². The Morgan fingerprint density at radius 3 is 2.27 bits per heavy atom. The van der Waals surface area contributed by atoms with Crippen molar-refractivity contribution >= 4 is 15.9 Å². The molecular weight excluding hydrogens is 207 g/mol. The van der Waals surface area contributed by atoms with E-state index in [1.807, 2.05) is 18.2 Å². The number of benzene rings is 1. The molecule has 0 radical (unpaired) electrons. The van der Waals surface area contributed by atoms with E-state index in [0.29, 0.717) is 0 Å². The van der Waals surface area contributed by atoms with Gasteiger partial charge in [0, 0.05) is 4.83 Å². The van der Waals surface area contributed by atoms with E-state index in [-0.39, 0.29) is 4.83 Å². The Hall–Kier alpha value is -0.370. The van der Waals surface area contributed by atoms with Crippen LogP contribution in [0.1, 0.15) is 18.7 Å². The van der Waals surface area contributed by atoms with Crippen molar-refractivity contribution in [1.82, 2.24) is 0 Å². The third-order valence-corrected chi connectivity index (χ3v) is 1.99. The molecule has 0 aliphatic heterocycles. The highest BCUT2D eigenvalue weighted by Gasteiger charge is 2.14. The van der Waals surface area contributed by atoms with Crippen LogP contribution in [0.3, 0.4) is 0 Å². The maximum Gasteiger partial charge on any atom is 0.137 e. The fourth-order valence-corrected chi connectivity index (χ4v) is 1.21. The SMILES string of the molecule is C[C@@H](Br)[C@@H](F)c1ccccc1. The van der Waals surface area contributed by atoms with Gasteiger partial charge in [-0.05, 0) is 12.5 Å². The maximum absolute atomic E-state index is 13.2. The van der Waals surface area contributed by atoms with Crippen LogP contribution in [-0.2, 0) is 0 Å². The lowest BCUT2D eigenvalue weighted by atomic mass is 10.1. The fraction of sp³-hybridized carbons (Fsp3) is 0.333. The lowest BCUT2D eigenvalue weighted by molar-refractivity contribution is 0.345. The lowest BCUT2D eigenvalue weighted by Gasteiger charge is -2.09. The highest BCUT2D eigenvalue weighted by Crippen LogP contribution is 2.25. The van der Waals surface area contributed by atoms with Gasteiger partial charge in [-0.15, -0.1) is 0 Å². The zero-order chi connectivity index (χ0) is 8.27. The minimum atomic E-state index is -0.906. The Kier molecular flexibility index (Phi) is 3.06. The van der Waals surface area contributed by atoms with Crippen LogP contribution in [0.15, 0.2) is 30.3 Å². The summed E-state index contributed by atoms with van der Waals surface area (Å²) in [5.74, 6) is 0. The Balaban J connectivity index is 2.77. The van der Waals surface area contributed by atoms with Gasteiger partial charge in [-0.3, -0.25) is 0 Å². The molecule has 60 valence electrons. The molecular formula is C9H10BrF. The highest BCUT2D eigenvalue weighted by molar-refractivity contribution is 9.09. The van der Waals surface area contributed by atoms with Crippen LogP contribution in [0.5, 0.6) is 0 Å². The summed E-state index contributed by atoms with van der Waals surface area (Å²) in [5, 5.41) is 0. The number of hydrogen-bond donors (Lipinski definition) is 0. The Bertz CT molecular complexity index is 208. The molecule has 0 spiro atoms. The predicted molar refractivity (Wildman–Crippen MR) is 48.7 cm³/mol. The van der Waals surface area contributed by atoms with Gasteiger partial charge in [0.2, 0.25) is 0 Å². The molecule has 0 heterocycles. The zero-order valence-corrected chi connectivity index (χ0v) is 7.88. The molecule has 0 saturated carbocycles. The van der Waals surface area contributed by atoms with E-state index < -0.39 is 6.17 Å². The van der Waals surface area contributed by atoms with Gasteiger partial charge in [-0.25, -0.2) is 4.39 Å². The average molecular weight is 217 g/mol. The van der Waals surface area contributed by atoms with E-state index in [2.05, 4.69) is 15.9 Å². The molecule has 11 heavy (non-hydrogen) atoms. The van der Waals surface area contributed by atoms with E-state index in [0.717, 1.165) is 5.56 Å². The Morgan fingerprint density at radius 2 is 1.82 bits per heavy atom. The minimum Gasteiger partial charge on any atom is -0.241 e. The van der Waals surface area contributed by atoms with Gasteiger partial charge in [0.15, 0.2) is 0 Å². The molecule has 0 aliphatic rings. The number of alkyl halides is 2. The average Bonchev–Trinajstić information content (AvgIpc) is 2.05. The molecule has 0 nitrogen and oxygen atoms in total. The largest absolute Gasteiger partial charge is 0.241 e. The summed E-state index contributed by atoms with van der Waals surface area (Å²) in [7, 11) is 0. The first-order valence-corrected chi connectivity index (χ1v) is 4.46. The van der Waals surface area contributed by atoms with Crippen molar-refractivity contribution in [3.05, 3.63) is 35.9 Å². The van der Waals surface area contributed by atoms with Gasteiger partial charge in [-0.2, -0.15) is 0 Å². The molecule has 0 amide bonds. The van der Waals surface area contributed by atoms with Crippen LogP contribution < -0.4 is 0 Å². The van der Waals surface area contributed by atoms with Gasteiger partial charge in [0.1, 0.15) is 6.17 Å². The van der Waals surface area contributed by atoms with Crippen molar-refractivity contribution in [3.63, 3.8) is 0 Å². The Labute approximate surface area is 74.6 Å². The molecule has 0 bridgehead atoms. The zero-order valence-electron chi connectivity index (χ0n) is 6.30. The molecule has 0 fully saturated rings. The van der Waals surface area contributed by atoms with Crippen molar-refractivity contribution in [2.24, 2.45) is 0 Å². The molecule has 1 aromatic rings. The first-order chi connectivity index (χ1) is 5.22. The van der Waals surface area contributed by atoms with E-state index in [1.165, 1.54) is 0 Å². The minimum absolute atomic E-state index is 0.120. The first kappa shape index (κ1) is 8.72.